The van der Waals surface area contributed by atoms with Gasteiger partial charge in [-0.3, -0.25) is 14.4 Å². The lowest BCUT2D eigenvalue weighted by Gasteiger charge is -2.34. The summed E-state index contributed by atoms with van der Waals surface area (Å²) < 4.78 is 0. The monoisotopic (exact) mass is 292 g/mol. The number of amides is 2. The number of carbonyl (C=O) groups excluding carboxylic acids is 2. The third kappa shape index (κ3) is 3.90. The molecular formula is C14H20N4O3. The van der Waals surface area contributed by atoms with Crippen molar-refractivity contribution in [1.29, 1.82) is 0 Å². The number of hydrogen-bond acceptors (Lipinski definition) is 4. The number of aromatic nitrogens is 2. The summed E-state index contributed by atoms with van der Waals surface area (Å²) in [5.41, 5.74) is -0.113. The van der Waals surface area contributed by atoms with E-state index in [1.54, 1.807) is 9.80 Å². The summed E-state index contributed by atoms with van der Waals surface area (Å²) >= 11 is 0. The number of carbonyl (C=O) groups is 2. The average Bonchev–Trinajstić information content (AvgIpc) is 2.53. The van der Waals surface area contributed by atoms with Crippen LogP contribution < -0.4 is 5.56 Å². The minimum Gasteiger partial charge on any atom is -0.339 e. The highest BCUT2D eigenvalue weighted by Gasteiger charge is 2.25. The Hall–Kier alpha value is -2.18. The van der Waals surface area contributed by atoms with E-state index in [1.165, 1.54) is 12.1 Å². The third-order valence-electron chi connectivity index (χ3n) is 3.56. The van der Waals surface area contributed by atoms with Crippen LogP contribution in [0.2, 0.25) is 0 Å². The number of nitrogens with one attached hydrogen (secondary N) is 1. The van der Waals surface area contributed by atoms with Crippen LogP contribution in [-0.4, -0.2) is 58.0 Å². The van der Waals surface area contributed by atoms with E-state index in [0.29, 0.717) is 32.6 Å². The van der Waals surface area contributed by atoms with Crippen LogP contribution in [0.1, 0.15) is 36.7 Å². The van der Waals surface area contributed by atoms with Crippen LogP contribution in [0.3, 0.4) is 0 Å². The van der Waals surface area contributed by atoms with Gasteiger partial charge in [-0.25, -0.2) is 5.10 Å². The molecule has 0 aromatic carbocycles. The zero-order chi connectivity index (χ0) is 15.2. The average molecular weight is 292 g/mol. The van der Waals surface area contributed by atoms with Crippen molar-refractivity contribution < 1.29 is 9.59 Å². The predicted molar refractivity (Wildman–Crippen MR) is 76.9 cm³/mol. The molecule has 1 aromatic rings. The second-order valence-electron chi connectivity index (χ2n) is 5.08. The topological polar surface area (TPSA) is 86.4 Å². The maximum atomic E-state index is 12.2. The third-order valence-corrected chi connectivity index (χ3v) is 3.56. The maximum Gasteiger partial charge on any atom is 0.274 e. The molecule has 0 aliphatic carbocycles. The summed E-state index contributed by atoms with van der Waals surface area (Å²) in [4.78, 5) is 38.5. The molecule has 0 unspecified atom stereocenters. The van der Waals surface area contributed by atoms with Crippen LogP contribution >= 0.6 is 0 Å². The van der Waals surface area contributed by atoms with Crippen LogP contribution in [0.4, 0.5) is 0 Å². The van der Waals surface area contributed by atoms with Crippen molar-refractivity contribution in [2.24, 2.45) is 0 Å². The van der Waals surface area contributed by atoms with E-state index < -0.39 is 0 Å². The highest BCUT2D eigenvalue weighted by molar-refractivity contribution is 5.92. The molecule has 1 fully saturated rings. The first-order valence-corrected chi connectivity index (χ1v) is 7.24. The zero-order valence-corrected chi connectivity index (χ0v) is 12.2. The molecule has 114 valence electrons. The van der Waals surface area contributed by atoms with Crippen LogP contribution in [0, 0.1) is 0 Å². The molecule has 2 heterocycles. The quantitative estimate of drug-likeness (QED) is 0.861. The molecule has 7 heteroatoms. The number of aromatic amines is 1. The van der Waals surface area contributed by atoms with Gasteiger partial charge in [-0.15, -0.1) is 0 Å². The summed E-state index contributed by atoms with van der Waals surface area (Å²) in [6.07, 6.45) is 2.48. The van der Waals surface area contributed by atoms with Gasteiger partial charge in [0, 0.05) is 38.7 Å². The summed E-state index contributed by atoms with van der Waals surface area (Å²) in [5.74, 6) is -0.0574. The van der Waals surface area contributed by atoms with Gasteiger partial charge in [0.2, 0.25) is 5.91 Å². The number of piperazine rings is 1. The van der Waals surface area contributed by atoms with Gasteiger partial charge in [0.1, 0.15) is 5.69 Å². The van der Waals surface area contributed by atoms with E-state index in [4.69, 9.17) is 0 Å². The highest BCUT2D eigenvalue weighted by Crippen LogP contribution is 2.08. The molecule has 2 amide bonds. The molecule has 2 rings (SSSR count). The molecule has 0 atom stereocenters. The minimum atomic E-state index is -0.335. The standard InChI is InChI=1S/C14H20N4O3/c1-2-3-4-13(20)17-7-9-18(10-8-17)14(21)11-5-6-12(19)16-15-11/h5-6H,2-4,7-10H2,1H3,(H,16,19). The van der Waals surface area contributed by atoms with Crippen LogP contribution in [-0.2, 0) is 4.79 Å². The Bertz CT molecular complexity index is 541. The van der Waals surface area contributed by atoms with Crippen molar-refractivity contribution in [3.8, 4) is 0 Å². The predicted octanol–water partition coefficient (Wildman–Crippen LogP) is 0.245. The Kier molecular flexibility index (Phi) is 5.08. The fourth-order valence-electron chi connectivity index (χ4n) is 2.27. The first kappa shape index (κ1) is 15.2. The van der Waals surface area contributed by atoms with Gasteiger partial charge in [-0.1, -0.05) is 13.3 Å². The molecule has 0 radical (unpaired) electrons. The molecule has 21 heavy (non-hydrogen) atoms. The molecule has 1 N–H and O–H groups in total. The lowest BCUT2D eigenvalue weighted by atomic mass is 10.2. The normalized spacial score (nSPS) is 15.1. The summed E-state index contributed by atoms with van der Waals surface area (Å²) in [6.45, 7) is 4.16. The fourth-order valence-corrected chi connectivity index (χ4v) is 2.27. The van der Waals surface area contributed by atoms with E-state index >= 15 is 0 Å². The molecule has 1 aliphatic rings. The smallest absolute Gasteiger partial charge is 0.274 e. The lowest BCUT2D eigenvalue weighted by molar-refractivity contribution is -0.132. The van der Waals surface area contributed by atoms with Crippen LogP contribution in [0.25, 0.3) is 0 Å². The minimum absolute atomic E-state index is 0.158. The van der Waals surface area contributed by atoms with E-state index in [9.17, 15) is 14.4 Å². The van der Waals surface area contributed by atoms with Gasteiger partial charge < -0.3 is 9.80 Å². The van der Waals surface area contributed by atoms with Gasteiger partial charge in [-0.05, 0) is 12.5 Å². The van der Waals surface area contributed by atoms with Gasteiger partial charge in [-0.2, -0.15) is 5.10 Å². The number of unbranched alkanes of at least 4 members (excludes halogenated alkanes) is 1. The van der Waals surface area contributed by atoms with Gasteiger partial charge in [0.05, 0.1) is 0 Å². The molecular weight excluding hydrogens is 272 g/mol. The number of H-pyrrole nitrogens is 1. The van der Waals surface area contributed by atoms with Crippen LogP contribution in [0.15, 0.2) is 16.9 Å². The molecule has 1 saturated heterocycles. The van der Waals surface area contributed by atoms with Gasteiger partial charge >= 0.3 is 0 Å². The second-order valence-corrected chi connectivity index (χ2v) is 5.08. The van der Waals surface area contributed by atoms with Gasteiger partial charge in [0.25, 0.3) is 11.5 Å². The van der Waals surface area contributed by atoms with Crippen LogP contribution in [0.5, 0.6) is 0 Å². The first-order chi connectivity index (χ1) is 10.1. The molecule has 1 aromatic heterocycles. The van der Waals surface area contributed by atoms with E-state index in [2.05, 4.69) is 17.1 Å². The fraction of sp³-hybridized carbons (Fsp3) is 0.571. The van der Waals surface area contributed by atoms with E-state index in [0.717, 1.165) is 12.8 Å². The van der Waals surface area contributed by atoms with Crippen molar-refractivity contribution in [2.45, 2.75) is 26.2 Å². The highest BCUT2D eigenvalue weighted by atomic mass is 16.2. The van der Waals surface area contributed by atoms with Crippen molar-refractivity contribution in [3.05, 3.63) is 28.2 Å². The van der Waals surface area contributed by atoms with Gasteiger partial charge in [0.15, 0.2) is 0 Å². The Labute approximate surface area is 122 Å². The van der Waals surface area contributed by atoms with Crippen molar-refractivity contribution >= 4 is 11.8 Å². The lowest BCUT2D eigenvalue weighted by Crippen LogP contribution is -2.50. The van der Waals surface area contributed by atoms with Crippen molar-refractivity contribution in [3.63, 3.8) is 0 Å². The van der Waals surface area contributed by atoms with E-state index in [-0.39, 0.29) is 23.1 Å². The Balaban J connectivity index is 1.88. The zero-order valence-electron chi connectivity index (χ0n) is 12.2. The van der Waals surface area contributed by atoms with E-state index in [1.807, 2.05) is 0 Å². The summed E-state index contributed by atoms with van der Waals surface area (Å²) in [5, 5.41) is 5.99. The maximum absolute atomic E-state index is 12.2. The molecule has 0 saturated carbocycles. The molecule has 0 bridgehead atoms. The largest absolute Gasteiger partial charge is 0.339 e. The second kappa shape index (κ2) is 7.01. The number of rotatable bonds is 4. The molecule has 0 spiro atoms. The Morgan fingerprint density at radius 1 is 1.19 bits per heavy atom. The molecule has 1 aliphatic heterocycles. The Morgan fingerprint density at radius 2 is 1.86 bits per heavy atom. The van der Waals surface area contributed by atoms with Crippen molar-refractivity contribution in [2.75, 3.05) is 26.2 Å². The molecule has 7 nitrogen and oxygen atoms in total. The SMILES string of the molecule is CCCCC(=O)N1CCN(C(=O)c2ccc(=O)[nH]n2)CC1. The number of nitrogens with zero attached hydrogens (tertiary/aromatic N) is 3. The van der Waals surface area contributed by atoms with Crippen molar-refractivity contribution in [1.82, 2.24) is 20.0 Å². The summed E-state index contributed by atoms with van der Waals surface area (Å²) in [6, 6.07) is 2.70. The Morgan fingerprint density at radius 3 is 2.43 bits per heavy atom. The summed E-state index contributed by atoms with van der Waals surface area (Å²) in [7, 11) is 0. The number of hydrogen-bond donors (Lipinski definition) is 1. The first-order valence-electron chi connectivity index (χ1n) is 7.24.